The second kappa shape index (κ2) is 17.0. The van der Waals surface area contributed by atoms with Crippen LogP contribution in [0.25, 0.3) is 5.69 Å². The molecular weight excluding hydrogens is 376 g/mol. The molecule has 0 saturated carbocycles. The Hall–Kier alpha value is -1.57. The van der Waals surface area contributed by atoms with E-state index in [2.05, 4.69) is 65.7 Å². The van der Waals surface area contributed by atoms with Crippen LogP contribution in [0.2, 0.25) is 0 Å². The van der Waals surface area contributed by atoms with Gasteiger partial charge in [0.05, 0.1) is 6.54 Å². The lowest BCUT2D eigenvalue weighted by atomic mass is 10.1. The molecule has 2 rings (SSSR count). The Balaban J connectivity index is 1.78. The number of aromatic nitrogens is 2. The average molecular weight is 426 g/mol. The Bertz CT molecular complexity index is 659. The molecule has 0 radical (unpaired) electrons. The summed E-state index contributed by atoms with van der Waals surface area (Å²) in [5.41, 5.74) is 1.30. The topological polar surface area (TPSA) is 8.81 Å². The SMILES string of the molecule is CCCCCCCCCCCCc1n(-c2ccccc2)cc[n+]1CCCCCCCC. The zero-order valence-electron chi connectivity index (χ0n) is 20.7. The fourth-order valence-corrected chi connectivity index (χ4v) is 4.58. The first-order valence-electron chi connectivity index (χ1n) is 13.5. The first-order valence-corrected chi connectivity index (χ1v) is 13.5. The maximum atomic E-state index is 2.53. The Morgan fingerprint density at radius 2 is 1.13 bits per heavy atom. The third-order valence-corrected chi connectivity index (χ3v) is 6.55. The van der Waals surface area contributed by atoms with Crippen molar-refractivity contribution in [1.82, 2.24) is 4.57 Å². The van der Waals surface area contributed by atoms with Gasteiger partial charge in [0, 0.05) is 6.42 Å². The van der Waals surface area contributed by atoms with Gasteiger partial charge in [-0.1, -0.05) is 116 Å². The predicted octanol–water partition coefficient (Wildman–Crippen LogP) is 8.59. The normalized spacial score (nSPS) is 11.3. The van der Waals surface area contributed by atoms with Gasteiger partial charge in [-0.05, 0) is 31.4 Å². The Morgan fingerprint density at radius 3 is 1.71 bits per heavy atom. The van der Waals surface area contributed by atoms with Gasteiger partial charge in [-0.3, -0.25) is 0 Å². The third-order valence-electron chi connectivity index (χ3n) is 6.55. The summed E-state index contributed by atoms with van der Waals surface area (Å²) in [5, 5.41) is 0. The van der Waals surface area contributed by atoms with Gasteiger partial charge < -0.3 is 0 Å². The largest absolute Gasteiger partial charge is 0.261 e. The summed E-state index contributed by atoms with van der Waals surface area (Å²) in [6.45, 7) is 5.76. The van der Waals surface area contributed by atoms with E-state index in [1.165, 1.54) is 127 Å². The van der Waals surface area contributed by atoms with Crippen LogP contribution in [-0.4, -0.2) is 4.57 Å². The summed E-state index contributed by atoms with van der Waals surface area (Å²) in [5.74, 6) is 1.49. The molecule has 0 aliphatic rings. The van der Waals surface area contributed by atoms with E-state index in [1.54, 1.807) is 0 Å². The molecular formula is C29H49N2+. The van der Waals surface area contributed by atoms with Crippen LogP contribution < -0.4 is 4.57 Å². The van der Waals surface area contributed by atoms with E-state index < -0.39 is 0 Å². The van der Waals surface area contributed by atoms with Crippen LogP contribution in [0, 0.1) is 0 Å². The van der Waals surface area contributed by atoms with Gasteiger partial charge in [-0.2, -0.15) is 4.57 Å². The second-order valence-electron chi connectivity index (χ2n) is 9.31. The molecule has 0 aliphatic carbocycles. The van der Waals surface area contributed by atoms with E-state index in [0.29, 0.717) is 0 Å². The molecule has 0 unspecified atom stereocenters. The molecule has 0 aliphatic heterocycles. The Labute approximate surface area is 193 Å². The molecule has 2 aromatic rings. The first kappa shape index (κ1) is 25.7. The molecule has 2 nitrogen and oxygen atoms in total. The molecule has 0 atom stereocenters. The van der Waals surface area contributed by atoms with Crippen LogP contribution in [0.4, 0.5) is 0 Å². The van der Waals surface area contributed by atoms with Crippen LogP contribution in [0.15, 0.2) is 42.7 Å². The van der Waals surface area contributed by atoms with Gasteiger partial charge >= 0.3 is 0 Å². The van der Waals surface area contributed by atoms with E-state index in [9.17, 15) is 0 Å². The lowest BCUT2D eigenvalue weighted by molar-refractivity contribution is -0.704. The van der Waals surface area contributed by atoms with Crippen molar-refractivity contribution in [3.8, 4) is 5.69 Å². The summed E-state index contributed by atoms with van der Waals surface area (Å²) in [4.78, 5) is 0. The summed E-state index contributed by atoms with van der Waals surface area (Å²) in [6, 6.07) is 10.9. The Morgan fingerprint density at radius 1 is 0.613 bits per heavy atom. The highest BCUT2D eigenvalue weighted by atomic mass is 15.1. The number of nitrogens with zero attached hydrogens (tertiary/aromatic N) is 2. The molecule has 1 aromatic heterocycles. The van der Waals surface area contributed by atoms with Gasteiger partial charge in [0.15, 0.2) is 0 Å². The molecule has 174 valence electrons. The van der Waals surface area contributed by atoms with E-state index in [4.69, 9.17) is 0 Å². The molecule has 0 bridgehead atoms. The summed E-state index contributed by atoms with van der Waals surface area (Å²) >= 11 is 0. The highest BCUT2D eigenvalue weighted by molar-refractivity contribution is 5.31. The van der Waals surface area contributed by atoms with Gasteiger partial charge in [-0.15, -0.1) is 0 Å². The molecule has 2 heteroatoms. The lowest BCUT2D eigenvalue weighted by Crippen LogP contribution is -2.37. The van der Waals surface area contributed by atoms with Crippen LogP contribution in [0.5, 0.6) is 0 Å². The van der Waals surface area contributed by atoms with Crippen LogP contribution in [0.1, 0.15) is 122 Å². The predicted molar refractivity (Wildman–Crippen MR) is 135 cm³/mol. The van der Waals surface area contributed by atoms with Crippen LogP contribution in [0.3, 0.4) is 0 Å². The van der Waals surface area contributed by atoms with Crippen molar-refractivity contribution in [1.29, 1.82) is 0 Å². The van der Waals surface area contributed by atoms with Crippen molar-refractivity contribution >= 4 is 0 Å². The van der Waals surface area contributed by atoms with Crippen molar-refractivity contribution in [3.05, 3.63) is 48.5 Å². The van der Waals surface area contributed by atoms with Gasteiger partial charge in [0.1, 0.15) is 18.1 Å². The highest BCUT2D eigenvalue weighted by Crippen LogP contribution is 2.15. The van der Waals surface area contributed by atoms with Crippen molar-refractivity contribution < 1.29 is 4.57 Å². The van der Waals surface area contributed by atoms with E-state index in [0.717, 1.165) is 0 Å². The molecule has 1 heterocycles. The van der Waals surface area contributed by atoms with E-state index in [1.807, 2.05) is 0 Å². The minimum absolute atomic E-state index is 1.17. The van der Waals surface area contributed by atoms with Crippen molar-refractivity contribution in [2.75, 3.05) is 0 Å². The lowest BCUT2D eigenvalue weighted by Gasteiger charge is -2.06. The van der Waals surface area contributed by atoms with Crippen molar-refractivity contribution in [3.63, 3.8) is 0 Å². The van der Waals surface area contributed by atoms with Gasteiger partial charge in [-0.25, -0.2) is 4.57 Å². The summed E-state index contributed by atoms with van der Waals surface area (Å²) < 4.78 is 4.95. The number of aryl methyl sites for hydroxylation is 1. The maximum absolute atomic E-state index is 2.53. The monoisotopic (exact) mass is 425 g/mol. The summed E-state index contributed by atoms with van der Waals surface area (Å²) in [7, 11) is 0. The van der Waals surface area contributed by atoms with Crippen molar-refractivity contribution in [2.24, 2.45) is 0 Å². The standard InChI is InChI=1S/C29H49N2/c1-3-5-7-9-11-12-13-14-15-20-24-29-30(25-21-16-10-8-6-4-2)26-27-31(29)28-22-18-17-19-23-28/h17-19,22-23,26-27H,3-16,20-21,24-25H2,1-2H3/q+1. The molecule has 0 amide bonds. The van der Waals surface area contributed by atoms with Gasteiger partial charge in [0.2, 0.25) is 0 Å². The quantitative estimate of drug-likeness (QED) is 0.157. The first-order chi connectivity index (χ1) is 15.4. The smallest absolute Gasteiger partial charge is 0.234 e. The molecule has 0 spiro atoms. The number of hydrogen-bond donors (Lipinski definition) is 0. The number of hydrogen-bond acceptors (Lipinski definition) is 0. The Kier molecular flexibility index (Phi) is 14.1. The number of para-hydroxylation sites is 1. The minimum atomic E-state index is 1.17. The zero-order valence-corrected chi connectivity index (χ0v) is 20.7. The fraction of sp³-hybridized carbons (Fsp3) is 0.690. The maximum Gasteiger partial charge on any atom is 0.261 e. The fourth-order valence-electron chi connectivity index (χ4n) is 4.58. The number of rotatable bonds is 19. The molecule has 1 aromatic carbocycles. The molecule has 0 N–H and O–H groups in total. The second-order valence-corrected chi connectivity index (χ2v) is 9.31. The molecule has 0 saturated heterocycles. The highest BCUT2D eigenvalue weighted by Gasteiger charge is 2.18. The number of benzene rings is 1. The van der Waals surface area contributed by atoms with Crippen LogP contribution >= 0.6 is 0 Å². The number of imidazole rings is 1. The van der Waals surface area contributed by atoms with Crippen molar-refractivity contribution in [2.45, 2.75) is 130 Å². The zero-order chi connectivity index (χ0) is 22.0. The van der Waals surface area contributed by atoms with Gasteiger partial charge in [0.25, 0.3) is 5.82 Å². The number of unbranched alkanes of at least 4 members (excludes halogenated alkanes) is 14. The molecule has 31 heavy (non-hydrogen) atoms. The van der Waals surface area contributed by atoms with Crippen LogP contribution in [-0.2, 0) is 13.0 Å². The van der Waals surface area contributed by atoms with E-state index >= 15 is 0 Å². The minimum Gasteiger partial charge on any atom is -0.234 e. The average Bonchev–Trinajstić information content (AvgIpc) is 3.20. The third kappa shape index (κ3) is 10.5. The summed E-state index contributed by atoms with van der Waals surface area (Å²) in [6.07, 6.45) is 28.0. The van der Waals surface area contributed by atoms with E-state index in [-0.39, 0.29) is 0 Å². The molecule has 0 fully saturated rings.